The highest BCUT2D eigenvalue weighted by molar-refractivity contribution is 7.41. The standard InChI is InChI=1S/C5H5FNP/c6-8-5-3-1-2-4-7-5/h1-4,8H. The molecule has 0 bridgehead atoms. The van der Waals surface area contributed by atoms with Crippen LogP contribution in [0.2, 0.25) is 0 Å². The maximum atomic E-state index is 11.7. The zero-order valence-corrected chi connectivity index (χ0v) is 5.13. The van der Waals surface area contributed by atoms with Crippen molar-refractivity contribution in [3.8, 4) is 0 Å². The van der Waals surface area contributed by atoms with Crippen LogP contribution in [0.5, 0.6) is 0 Å². The van der Waals surface area contributed by atoms with Crippen LogP contribution in [0.25, 0.3) is 0 Å². The Morgan fingerprint density at radius 2 is 2.38 bits per heavy atom. The van der Waals surface area contributed by atoms with Gasteiger partial charge in [-0.2, -0.15) is 0 Å². The second-order valence-corrected chi connectivity index (χ2v) is 2.01. The van der Waals surface area contributed by atoms with Crippen molar-refractivity contribution < 1.29 is 4.20 Å². The van der Waals surface area contributed by atoms with Gasteiger partial charge < -0.3 is 0 Å². The molecule has 1 atom stereocenters. The largest absolute Gasteiger partial charge is 0.254 e. The van der Waals surface area contributed by atoms with Crippen LogP contribution in [0.4, 0.5) is 4.20 Å². The van der Waals surface area contributed by atoms with Gasteiger partial charge in [0, 0.05) is 6.20 Å². The van der Waals surface area contributed by atoms with Crippen molar-refractivity contribution in [2.24, 2.45) is 0 Å². The molecule has 1 heterocycles. The summed E-state index contributed by atoms with van der Waals surface area (Å²) in [5.41, 5.74) is 0.521. The van der Waals surface area contributed by atoms with Crippen molar-refractivity contribution in [2.75, 3.05) is 0 Å². The van der Waals surface area contributed by atoms with Crippen LogP contribution < -0.4 is 5.44 Å². The molecule has 0 aliphatic heterocycles. The van der Waals surface area contributed by atoms with E-state index in [2.05, 4.69) is 4.98 Å². The van der Waals surface area contributed by atoms with E-state index in [1.165, 1.54) is 0 Å². The summed E-state index contributed by atoms with van der Waals surface area (Å²) in [5.74, 6) is 0. The van der Waals surface area contributed by atoms with Crippen molar-refractivity contribution in [3.05, 3.63) is 24.4 Å². The molecule has 3 heteroatoms. The maximum Gasteiger partial charge on any atom is 0.117 e. The quantitative estimate of drug-likeness (QED) is 0.520. The zero-order chi connectivity index (χ0) is 5.82. The molecule has 0 aromatic carbocycles. The molecule has 1 aromatic heterocycles. The Kier molecular flexibility index (Phi) is 1.93. The SMILES string of the molecule is FPc1ccccn1. The minimum atomic E-state index is -0.681. The number of hydrogen-bond donors (Lipinski definition) is 0. The Morgan fingerprint density at radius 3 is 2.75 bits per heavy atom. The molecule has 1 unspecified atom stereocenters. The zero-order valence-electron chi connectivity index (χ0n) is 4.13. The van der Waals surface area contributed by atoms with Gasteiger partial charge in [-0.25, -0.2) is 4.20 Å². The lowest BCUT2D eigenvalue weighted by Crippen LogP contribution is -1.94. The summed E-state index contributed by atoms with van der Waals surface area (Å²) in [4.78, 5) is 3.73. The summed E-state index contributed by atoms with van der Waals surface area (Å²) in [6, 6.07) is 5.21. The Balaban J connectivity index is 2.83. The first-order valence-corrected chi connectivity index (χ1v) is 3.09. The fourth-order valence-corrected chi connectivity index (χ4v) is 0.701. The smallest absolute Gasteiger partial charge is 0.117 e. The fraction of sp³-hybridized carbons (Fsp3) is 0. The Labute approximate surface area is 48.9 Å². The summed E-state index contributed by atoms with van der Waals surface area (Å²) < 4.78 is 11.7. The van der Waals surface area contributed by atoms with Gasteiger partial charge in [0.25, 0.3) is 0 Å². The number of rotatable bonds is 1. The molecule has 0 saturated heterocycles. The van der Waals surface area contributed by atoms with Gasteiger partial charge in [-0.3, -0.25) is 4.98 Å². The molecule has 0 aliphatic carbocycles. The number of nitrogens with zero attached hydrogens (tertiary/aromatic N) is 1. The molecule has 0 N–H and O–H groups in total. The monoisotopic (exact) mass is 129 g/mol. The lowest BCUT2D eigenvalue weighted by molar-refractivity contribution is 0.927. The summed E-state index contributed by atoms with van der Waals surface area (Å²) in [6.07, 6.45) is 1.59. The molecule has 0 saturated carbocycles. The minimum absolute atomic E-state index is 0.521. The van der Waals surface area contributed by atoms with Crippen LogP contribution in [0, 0.1) is 0 Å². The van der Waals surface area contributed by atoms with Gasteiger partial charge in [-0.15, -0.1) is 0 Å². The molecule has 0 spiro atoms. The minimum Gasteiger partial charge on any atom is -0.254 e. The molecule has 0 aliphatic rings. The Bertz CT molecular complexity index is 154. The number of pyridine rings is 1. The van der Waals surface area contributed by atoms with Crippen LogP contribution in [-0.2, 0) is 0 Å². The second-order valence-electron chi connectivity index (χ2n) is 1.31. The predicted molar refractivity (Wildman–Crippen MR) is 33.3 cm³/mol. The van der Waals surface area contributed by atoms with Crippen molar-refractivity contribution in [1.29, 1.82) is 0 Å². The number of halogens is 1. The van der Waals surface area contributed by atoms with E-state index in [0.29, 0.717) is 5.44 Å². The first kappa shape index (κ1) is 5.64. The van der Waals surface area contributed by atoms with Crippen LogP contribution in [0.3, 0.4) is 0 Å². The van der Waals surface area contributed by atoms with Crippen LogP contribution in [0.1, 0.15) is 0 Å². The van der Waals surface area contributed by atoms with Crippen molar-refractivity contribution in [3.63, 3.8) is 0 Å². The molecule has 0 fully saturated rings. The van der Waals surface area contributed by atoms with Gasteiger partial charge in [-0.05, 0) is 12.1 Å². The van der Waals surface area contributed by atoms with Gasteiger partial charge in [-0.1, -0.05) is 6.07 Å². The summed E-state index contributed by atoms with van der Waals surface area (Å²) in [5, 5.41) is 0. The highest BCUT2D eigenvalue weighted by atomic mass is 31.1. The molecular weight excluding hydrogens is 124 g/mol. The van der Waals surface area contributed by atoms with E-state index in [1.54, 1.807) is 24.4 Å². The van der Waals surface area contributed by atoms with Gasteiger partial charge in [0.2, 0.25) is 0 Å². The van der Waals surface area contributed by atoms with Gasteiger partial charge >= 0.3 is 0 Å². The molecule has 8 heavy (non-hydrogen) atoms. The molecule has 1 aromatic rings. The topological polar surface area (TPSA) is 12.9 Å². The molecule has 1 rings (SSSR count). The fourth-order valence-electron chi connectivity index (χ4n) is 0.419. The summed E-state index contributed by atoms with van der Waals surface area (Å²) in [7, 11) is -0.681. The van der Waals surface area contributed by atoms with Crippen LogP contribution in [-0.4, -0.2) is 4.98 Å². The van der Waals surface area contributed by atoms with Crippen molar-refractivity contribution in [2.45, 2.75) is 0 Å². The third-order valence-corrected chi connectivity index (χ3v) is 1.25. The van der Waals surface area contributed by atoms with E-state index in [9.17, 15) is 4.20 Å². The molecule has 1 nitrogen and oxygen atoms in total. The van der Waals surface area contributed by atoms with Crippen molar-refractivity contribution in [1.82, 2.24) is 4.98 Å². The number of hydrogen-bond acceptors (Lipinski definition) is 1. The molecule has 0 radical (unpaired) electrons. The average Bonchev–Trinajstić information content (AvgIpc) is 1.90. The van der Waals surface area contributed by atoms with Crippen LogP contribution >= 0.6 is 8.89 Å². The van der Waals surface area contributed by atoms with E-state index >= 15 is 0 Å². The summed E-state index contributed by atoms with van der Waals surface area (Å²) >= 11 is 0. The van der Waals surface area contributed by atoms with Gasteiger partial charge in [0.15, 0.2) is 0 Å². The molecule has 42 valence electrons. The van der Waals surface area contributed by atoms with E-state index in [4.69, 9.17) is 0 Å². The summed E-state index contributed by atoms with van der Waals surface area (Å²) in [6.45, 7) is 0. The average molecular weight is 129 g/mol. The number of aromatic nitrogens is 1. The Morgan fingerprint density at radius 1 is 1.50 bits per heavy atom. The van der Waals surface area contributed by atoms with Crippen molar-refractivity contribution >= 4 is 14.3 Å². The first-order chi connectivity index (χ1) is 3.93. The Hall–Kier alpha value is -0.490. The van der Waals surface area contributed by atoms with Gasteiger partial charge in [0.05, 0.1) is 5.44 Å². The lowest BCUT2D eigenvalue weighted by atomic mass is 10.5. The van der Waals surface area contributed by atoms with Crippen LogP contribution in [0.15, 0.2) is 24.4 Å². The highest BCUT2D eigenvalue weighted by Gasteiger charge is 1.85. The predicted octanol–water partition coefficient (Wildman–Crippen LogP) is 1.27. The third kappa shape index (κ3) is 1.24. The molecule has 0 amide bonds. The van der Waals surface area contributed by atoms with E-state index in [1.807, 2.05) is 0 Å². The molecular formula is C5H5FNP. The van der Waals surface area contributed by atoms with Gasteiger partial charge in [0.1, 0.15) is 8.89 Å². The van der Waals surface area contributed by atoms with E-state index < -0.39 is 8.89 Å². The maximum absolute atomic E-state index is 11.7. The lowest BCUT2D eigenvalue weighted by Gasteiger charge is -1.85. The van der Waals surface area contributed by atoms with E-state index in [0.717, 1.165) is 0 Å². The van der Waals surface area contributed by atoms with E-state index in [-0.39, 0.29) is 0 Å². The normalized spacial score (nSPS) is 10.6. The second kappa shape index (κ2) is 2.73. The first-order valence-electron chi connectivity index (χ1n) is 2.21. The third-order valence-electron chi connectivity index (χ3n) is 0.762. The highest BCUT2D eigenvalue weighted by Crippen LogP contribution is 2.05.